The molecular formula is C11H18O5. The van der Waals surface area contributed by atoms with E-state index < -0.39 is 11.2 Å². The van der Waals surface area contributed by atoms with E-state index >= 15 is 0 Å². The van der Waals surface area contributed by atoms with Crippen molar-refractivity contribution in [2.24, 2.45) is 5.41 Å². The number of Topliss-reactive ketones (excluding diaryl/α,β-unsaturated/α-hetero) is 1. The van der Waals surface area contributed by atoms with E-state index in [-0.39, 0.29) is 32.2 Å². The number of aliphatic hydroxyl groups excluding tert-OH is 2. The molecule has 2 rings (SSSR count). The van der Waals surface area contributed by atoms with Crippen molar-refractivity contribution in [1.82, 2.24) is 0 Å². The van der Waals surface area contributed by atoms with Gasteiger partial charge in [0.2, 0.25) is 0 Å². The number of carbonyl (C=O) groups is 1. The van der Waals surface area contributed by atoms with E-state index in [2.05, 4.69) is 0 Å². The number of ether oxygens (including phenoxy) is 2. The van der Waals surface area contributed by atoms with E-state index in [0.29, 0.717) is 25.7 Å². The molecule has 0 aromatic rings. The van der Waals surface area contributed by atoms with Gasteiger partial charge in [0.15, 0.2) is 5.79 Å². The number of hydrogen-bond acceptors (Lipinski definition) is 5. The average molecular weight is 230 g/mol. The van der Waals surface area contributed by atoms with Crippen LogP contribution in [0.1, 0.15) is 25.7 Å². The maximum atomic E-state index is 11.1. The molecule has 2 fully saturated rings. The fraction of sp³-hybridized carbons (Fsp3) is 0.909. The van der Waals surface area contributed by atoms with Crippen molar-refractivity contribution < 1.29 is 24.5 Å². The summed E-state index contributed by atoms with van der Waals surface area (Å²) in [6, 6.07) is 0. The minimum atomic E-state index is -0.688. The molecule has 0 radical (unpaired) electrons. The SMILES string of the molecule is O=C1CCC2(CC1)OCC(CO)(CO)CO2. The molecule has 5 heteroatoms. The third-order valence-corrected chi connectivity index (χ3v) is 3.52. The maximum Gasteiger partial charge on any atom is 0.169 e. The van der Waals surface area contributed by atoms with E-state index in [0.717, 1.165) is 0 Å². The Balaban J connectivity index is 1.96. The van der Waals surface area contributed by atoms with Crippen LogP contribution in [0.15, 0.2) is 0 Å². The van der Waals surface area contributed by atoms with Gasteiger partial charge in [-0.2, -0.15) is 0 Å². The first-order chi connectivity index (χ1) is 7.64. The summed E-state index contributed by atoms with van der Waals surface area (Å²) in [5, 5.41) is 18.4. The van der Waals surface area contributed by atoms with Crippen LogP contribution in [0.3, 0.4) is 0 Å². The first-order valence-corrected chi connectivity index (χ1v) is 5.65. The van der Waals surface area contributed by atoms with Gasteiger partial charge < -0.3 is 19.7 Å². The summed E-state index contributed by atoms with van der Waals surface area (Å²) in [6.07, 6.45) is 2.15. The highest BCUT2D eigenvalue weighted by Crippen LogP contribution is 2.38. The summed E-state index contributed by atoms with van der Waals surface area (Å²) in [7, 11) is 0. The first-order valence-electron chi connectivity index (χ1n) is 5.65. The van der Waals surface area contributed by atoms with Crippen LogP contribution >= 0.6 is 0 Å². The Morgan fingerprint density at radius 2 is 1.56 bits per heavy atom. The molecular weight excluding hydrogens is 212 g/mol. The largest absolute Gasteiger partial charge is 0.396 e. The van der Waals surface area contributed by atoms with Crippen molar-refractivity contribution in [1.29, 1.82) is 0 Å². The lowest BCUT2D eigenvalue weighted by Crippen LogP contribution is -2.54. The fourth-order valence-electron chi connectivity index (χ4n) is 2.08. The van der Waals surface area contributed by atoms with Crippen molar-refractivity contribution in [2.45, 2.75) is 31.5 Å². The highest BCUT2D eigenvalue weighted by molar-refractivity contribution is 5.79. The molecule has 0 bridgehead atoms. The van der Waals surface area contributed by atoms with Crippen molar-refractivity contribution in [2.75, 3.05) is 26.4 Å². The zero-order chi connectivity index (χ0) is 11.6. The molecule has 0 aromatic carbocycles. The van der Waals surface area contributed by atoms with Gasteiger partial charge in [-0.3, -0.25) is 4.79 Å². The second-order valence-corrected chi connectivity index (χ2v) is 4.84. The van der Waals surface area contributed by atoms with E-state index in [1.807, 2.05) is 0 Å². The van der Waals surface area contributed by atoms with Crippen LogP contribution in [-0.2, 0) is 14.3 Å². The zero-order valence-electron chi connectivity index (χ0n) is 9.28. The quantitative estimate of drug-likeness (QED) is 0.689. The predicted molar refractivity (Wildman–Crippen MR) is 54.7 cm³/mol. The van der Waals surface area contributed by atoms with E-state index in [9.17, 15) is 15.0 Å². The van der Waals surface area contributed by atoms with Crippen LogP contribution in [0, 0.1) is 5.41 Å². The van der Waals surface area contributed by atoms with Gasteiger partial charge in [0.1, 0.15) is 5.78 Å². The minimum Gasteiger partial charge on any atom is -0.396 e. The van der Waals surface area contributed by atoms with Gasteiger partial charge in [0, 0.05) is 25.7 Å². The molecule has 2 N–H and O–H groups in total. The smallest absolute Gasteiger partial charge is 0.169 e. The Hall–Kier alpha value is -0.490. The Morgan fingerprint density at radius 3 is 2.00 bits per heavy atom. The number of rotatable bonds is 2. The van der Waals surface area contributed by atoms with E-state index in [1.165, 1.54) is 0 Å². The minimum absolute atomic E-state index is 0.154. The van der Waals surface area contributed by atoms with Crippen LogP contribution in [0.4, 0.5) is 0 Å². The molecule has 16 heavy (non-hydrogen) atoms. The van der Waals surface area contributed by atoms with Crippen molar-refractivity contribution in [3.63, 3.8) is 0 Å². The van der Waals surface area contributed by atoms with Gasteiger partial charge in [-0.1, -0.05) is 0 Å². The molecule has 5 nitrogen and oxygen atoms in total. The summed E-state index contributed by atoms with van der Waals surface area (Å²) in [4.78, 5) is 11.1. The summed E-state index contributed by atoms with van der Waals surface area (Å²) >= 11 is 0. The van der Waals surface area contributed by atoms with Crippen molar-refractivity contribution in [3.05, 3.63) is 0 Å². The average Bonchev–Trinajstić information content (AvgIpc) is 2.35. The Bertz CT molecular complexity index is 250. The fourth-order valence-corrected chi connectivity index (χ4v) is 2.08. The molecule has 0 unspecified atom stereocenters. The van der Waals surface area contributed by atoms with Gasteiger partial charge in [0.25, 0.3) is 0 Å². The Morgan fingerprint density at radius 1 is 1.06 bits per heavy atom. The summed E-state index contributed by atoms with van der Waals surface area (Å²) in [6.45, 7) is 0.263. The van der Waals surface area contributed by atoms with Crippen LogP contribution in [0.5, 0.6) is 0 Å². The number of ketones is 1. The topological polar surface area (TPSA) is 76.0 Å². The standard InChI is InChI=1S/C11H18O5/c12-5-10(6-13)7-15-11(16-8-10)3-1-9(14)2-4-11/h12-13H,1-8H2. The van der Waals surface area contributed by atoms with Crippen LogP contribution in [0.2, 0.25) is 0 Å². The number of carbonyl (C=O) groups excluding carboxylic acids is 1. The second-order valence-electron chi connectivity index (χ2n) is 4.84. The molecule has 0 amide bonds. The summed E-state index contributed by atoms with van der Waals surface area (Å²) < 4.78 is 11.3. The lowest BCUT2D eigenvalue weighted by Gasteiger charge is -2.46. The van der Waals surface area contributed by atoms with Crippen LogP contribution < -0.4 is 0 Å². The summed E-state index contributed by atoms with van der Waals surface area (Å²) in [5.74, 6) is -0.402. The molecule has 1 heterocycles. The monoisotopic (exact) mass is 230 g/mol. The number of hydrogen-bond donors (Lipinski definition) is 2. The number of aliphatic hydroxyl groups is 2. The Kier molecular flexibility index (Phi) is 3.30. The molecule has 0 aromatic heterocycles. The van der Waals surface area contributed by atoms with Gasteiger partial charge in [-0.25, -0.2) is 0 Å². The first kappa shape index (κ1) is 12.0. The highest BCUT2D eigenvalue weighted by atomic mass is 16.7. The maximum absolute atomic E-state index is 11.1. The van der Waals surface area contributed by atoms with E-state index in [4.69, 9.17) is 9.47 Å². The summed E-state index contributed by atoms with van der Waals surface area (Å²) in [5.41, 5.74) is -0.688. The molecule has 1 aliphatic carbocycles. The lowest BCUT2D eigenvalue weighted by atomic mass is 9.87. The third kappa shape index (κ3) is 2.13. The molecule has 2 aliphatic rings. The van der Waals surface area contributed by atoms with E-state index in [1.54, 1.807) is 0 Å². The normalized spacial score (nSPS) is 28.2. The predicted octanol–water partition coefficient (Wildman–Crippen LogP) is -0.156. The highest BCUT2D eigenvalue weighted by Gasteiger charge is 2.45. The van der Waals surface area contributed by atoms with Gasteiger partial charge in [-0.05, 0) is 0 Å². The van der Waals surface area contributed by atoms with Crippen LogP contribution in [0.25, 0.3) is 0 Å². The van der Waals surface area contributed by atoms with Gasteiger partial charge >= 0.3 is 0 Å². The second kappa shape index (κ2) is 4.41. The van der Waals surface area contributed by atoms with Gasteiger partial charge in [-0.15, -0.1) is 0 Å². The Labute approximate surface area is 94.4 Å². The van der Waals surface area contributed by atoms with Gasteiger partial charge in [0.05, 0.1) is 31.8 Å². The molecule has 1 aliphatic heterocycles. The zero-order valence-corrected chi connectivity index (χ0v) is 9.28. The van der Waals surface area contributed by atoms with Crippen molar-refractivity contribution >= 4 is 5.78 Å². The third-order valence-electron chi connectivity index (χ3n) is 3.52. The van der Waals surface area contributed by atoms with Crippen molar-refractivity contribution in [3.8, 4) is 0 Å². The molecule has 0 atom stereocenters. The molecule has 1 spiro atoms. The molecule has 1 saturated heterocycles. The molecule has 1 saturated carbocycles. The van der Waals surface area contributed by atoms with Crippen LogP contribution in [-0.4, -0.2) is 48.2 Å². The lowest BCUT2D eigenvalue weighted by molar-refractivity contribution is -0.319. The molecule has 92 valence electrons.